The van der Waals surface area contributed by atoms with Crippen LogP contribution < -0.4 is 10.2 Å². The highest BCUT2D eigenvalue weighted by Gasteiger charge is 2.38. The maximum atomic E-state index is 13.0. The van der Waals surface area contributed by atoms with E-state index in [0.29, 0.717) is 39.0 Å². The van der Waals surface area contributed by atoms with Crippen molar-refractivity contribution in [2.75, 3.05) is 24.5 Å². The number of nitrogens with zero attached hydrogens (tertiary/aromatic N) is 2. The first kappa shape index (κ1) is 20.2. The van der Waals surface area contributed by atoms with E-state index >= 15 is 0 Å². The molecule has 2 aromatic rings. The quantitative estimate of drug-likeness (QED) is 0.823. The summed E-state index contributed by atoms with van der Waals surface area (Å²) >= 11 is 0. The van der Waals surface area contributed by atoms with Gasteiger partial charge in [-0.1, -0.05) is 17.7 Å². The van der Waals surface area contributed by atoms with E-state index in [4.69, 9.17) is 4.42 Å². The number of likely N-dealkylation sites (tertiary alicyclic amines) is 1. The zero-order chi connectivity index (χ0) is 21.1. The Bertz CT molecular complexity index is 899. The van der Waals surface area contributed by atoms with Crippen molar-refractivity contribution in [3.8, 4) is 0 Å². The Labute approximate surface area is 176 Å². The van der Waals surface area contributed by atoms with Gasteiger partial charge in [-0.3, -0.25) is 14.4 Å². The number of aryl methyl sites for hydroxylation is 1. The van der Waals surface area contributed by atoms with Crippen LogP contribution in [-0.4, -0.2) is 42.3 Å². The van der Waals surface area contributed by atoms with E-state index in [1.807, 2.05) is 42.2 Å². The largest absolute Gasteiger partial charge is 0.467 e. The lowest BCUT2D eigenvalue weighted by Gasteiger charge is -2.32. The standard InChI is InChI=1S/C23H27N3O4/c1-16-4-6-19(7-5-16)26-15-18(13-21(26)27)23(29)25-10-8-17(9-11-25)22(28)24-14-20-3-2-12-30-20/h2-7,12,17-18H,8-11,13-15H2,1H3,(H,24,28)/t18-/m0/s1. The molecule has 0 radical (unpaired) electrons. The van der Waals surface area contributed by atoms with Crippen LogP contribution in [0.3, 0.4) is 0 Å². The first-order valence-corrected chi connectivity index (χ1v) is 10.5. The van der Waals surface area contributed by atoms with E-state index in [1.54, 1.807) is 17.2 Å². The van der Waals surface area contributed by atoms with Gasteiger partial charge in [0.05, 0.1) is 18.7 Å². The fourth-order valence-corrected chi connectivity index (χ4v) is 4.20. The molecule has 0 spiro atoms. The van der Waals surface area contributed by atoms with E-state index in [-0.39, 0.29) is 36.0 Å². The van der Waals surface area contributed by atoms with Gasteiger partial charge in [0.25, 0.3) is 0 Å². The highest BCUT2D eigenvalue weighted by atomic mass is 16.3. The summed E-state index contributed by atoms with van der Waals surface area (Å²) in [4.78, 5) is 41.3. The molecule has 1 N–H and O–H groups in total. The van der Waals surface area contributed by atoms with Crippen molar-refractivity contribution in [2.24, 2.45) is 11.8 Å². The van der Waals surface area contributed by atoms with Gasteiger partial charge in [-0.25, -0.2) is 0 Å². The van der Waals surface area contributed by atoms with Gasteiger partial charge < -0.3 is 19.5 Å². The number of furan rings is 1. The third kappa shape index (κ3) is 4.40. The van der Waals surface area contributed by atoms with Crippen LogP contribution in [0.15, 0.2) is 47.1 Å². The smallest absolute Gasteiger partial charge is 0.228 e. The molecule has 158 valence electrons. The van der Waals surface area contributed by atoms with Crippen molar-refractivity contribution in [1.82, 2.24) is 10.2 Å². The predicted octanol–water partition coefficient (Wildman–Crippen LogP) is 2.50. The number of hydrogen-bond acceptors (Lipinski definition) is 4. The summed E-state index contributed by atoms with van der Waals surface area (Å²) in [6.45, 7) is 3.90. The molecule has 1 aromatic carbocycles. The van der Waals surface area contributed by atoms with E-state index in [2.05, 4.69) is 5.32 Å². The summed E-state index contributed by atoms with van der Waals surface area (Å²) in [6.07, 6.45) is 3.10. The molecule has 2 fully saturated rings. The van der Waals surface area contributed by atoms with Gasteiger partial charge in [-0.05, 0) is 44.0 Å². The zero-order valence-corrected chi connectivity index (χ0v) is 17.2. The highest BCUT2D eigenvalue weighted by molar-refractivity contribution is 6.00. The molecule has 3 heterocycles. The van der Waals surface area contributed by atoms with Gasteiger partial charge in [-0.15, -0.1) is 0 Å². The molecule has 0 bridgehead atoms. The number of amides is 3. The number of anilines is 1. The fourth-order valence-electron chi connectivity index (χ4n) is 4.20. The molecule has 1 atom stereocenters. The summed E-state index contributed by atoms with van der Waals surface area (Å²) in [5, 5.41) is 2.90. The molecular formula is C23H27N3O4. The molecule has 0 aliphatic carbocycles. The maximum Gasteiger partial charge on any atom is 0.228 e. The topological polar surface area (TPSA) is 82.9 Å². The molecule has 0 saturated carbocycles. The lowest BCUT2D eigenvalue weighted by molar-refractivity contribution is -0.139. The third-order valence-electron chi connectivity index (χ3n) is 6.01. The number of benzene rings is 1. The molecule has 4 rings (SSSR count). The van der Waals surface area contributed by atoms with Crippen molar-refractivity contribution in [3.63, 3.8) is 0 Å². The zero-order valence-electron chi connectivity index (χ0n) is 17.2. The minimum atomic E-state index is -0.317. The summed E-state index contributed by atoms with van der Waals surface area (Å²) in [6, 6.07) is 11.4. The lowest BCUT2D eigenvalue weighted by Crippen LogP contribution is -2.45. The Balaban J connectivity index is 1.27. The van der Waals surface area contributed by atoms with Crippen LogP contribution in [0.2, 0.25) is 0 Å². The molecule has 3 amide bonds. The molecule has 2 aliphatic rings. The van der Waals surface area contributed by atoms with Gasteiger partial charge in [0.15, 0.2) is 0 Å². The molecular weight excluding hydrogens is 382 g/mol. The second-order valence-corrected chi connectivity index (χ2v) is 8.14. The average molecular weight is 409 g/mol. The molecule has 7 heteroatoms. The number of hydrogen-bond donors (Lipinski definition) is 1. The Kier molecular flexibility index (Phi) is 5.88. The van der Waals surface area contributed by atoms with Crippen LogP contribution in [0.25, 0.3) is 0 Å². The normalized spacial score (nSPS) is 19.9. The summed E-state index contributed by atoms with van der Waals surface area (Å²) in [7, 11) is 0. The van der Waals surface area contributed by atoms with Crippen LogP contribution in [0.4, 0.5) is 5.69 Å². The minimum absolute atomic E-state index is 0.0000827. The van der Waals surface area contributed by atoms with Gasteiger partial charge in [0.2, 0.25) is 17.7 Å². The van der Waals surface area contributed by atoms with Gasteiger partial charge in [0.1, 0.15) is 5.76 Å². The van der Waals surface area contributed by atoms with Crippen LogP contribution >= 0.6 is 0 Å². The highest BCUT2D eigenvalue weighted by Crippen LogP contribution is 2.28. The van der Waals surface area contributed by atoms with Gasteiger partial charge in [0, 0.05) is 37.7 Å². The van der Waals surface area contributed by atoms with E-state index in [1.165, 1.54) is 0 Å². The Hall–Kier alpha value is -3.09. The van der Waals surface area contributed by atoms with E-state index in [0.717, 1.165) is 17.0 Å². The summed E-state index contributed by atoms with van der Waals surface area (Å²) in [5.41, 5.74) is 1.97. The number of nitrogens with one attached hydrogen (secondary N) is 1. The van der Waals surface area contributed by atoms with Crippen molar-refractivity contribution >= 4 is 23.4 Å². The van der Waals surface area contributed by atoms with E-state index in [9.17, 15) is 14.4 Å². The molecule has 30 heavy (non-hydrogen) atoms. The van der Waals surface area contributed by atoms with Crippen molar-refractivity contribution < 1.29 is 18.8 Å². The number of piperidine rings is 1. The minimum Gasteiger partial charge on any atom is -0.467 e. The molecule has 0 unspecified atom stereocenters. The molecule has 1 aromatic heterocycles. The van der Waals surface area contributed by atoms with Crippen LogP contribution in [0.1, 0.15) is 30.6 Å². The van der Waals surface area contributed by atoms with Crippen molar-refractivity contribution in [3.05, 3.63) is 54.0 Å². The Morgan fingerprint density at radius 1 is 1.10 bits per heavy atom. The first-order chi connectivity index (χ1) is 14.5. The maximum absolute atomic E-state index is 13.0. The SMILES string of the molecule is Cc1ccc(N2C[C@@H](C(=O)N3CCC(C(=O)NCc4ccco4)CC3)CC2=O)cc1. The Morgan fingerprint density at radius 2 is 1.83 bits per heavy atom. The Morgan fingerprint density at radius 3 is 2.50 bits per heavy atom. The summed E-state index contributed by atoms with van der Waals surface area (Å²) < 4.78 is 5.23. The molecule has 2 saturated heterocycles. The third-order valence-corrected chi connectivity index (χ3v) is 6.01. The second kappa shape index (κ2) is 8.73. The number of rotatable bonds is 5. The van der Waals surface area contributed by atoms with E-state index < -0.39 is 0 Å². The average Bonchev–Trinajstić information content (AvgIpc) is 3.42. The van der Waals surface area contributed by atoms with Crippen LogP contribution in [0.5, 0.6) is 0 Å². The number of carbonyl (C=O) groups excluding carboxylic acids is 3. The first-order valence-electron chi connectivity index (χ1n) is 10.5. The van der Waals surface area contributed by atoms with Gasteiger partial charge in [-0.2, -0.15) is 0 Å². The molecule has 7 nitrogen and oxygen atoms in total. The number of carbonyl (C=O) groups is 3. The van der Waals surface area contributed by atoms with Crippen LogP contribution in [0, 0.1) is 18.8 Å². The predicted molar refractivity (Wildman–Crippen MR) is 111 cm³/mol. The molecule has 2 aliphatic heterocycles. The van der Waals surface area contributed by atoms with Gasteiger partial charge >= 0.3 is 0 Å². The fraction of sp³-hybridized carbons (Fsp3) is 0.435. The monoisotopic (exact) mass is 409 g/mol. The summed E-state index contributed by atoms with van der Waals surface area (Å²) in [5.74, 6) is 0.318. The van der Waals surface area contributed by atoms with Crippen molar-refractivity contribution in [1.29, 1.82) is 0 Å². The second-order valence-electron chi connectivity index (χ2n) is 8.14. The lowest BCUT2D eigenvalue weighted by atomic mass is 9.94. The van der Waals surface area contributed by atoms with Crippen LogP contribution in [-0.2, 0) is 20.9 Å². The van der Waals surface area contributed by atoms with Crippen molar-refractivity contribution in [2.45, 2.75) is 32.7 Å².